The predicted molar refractivity (Wildman–Crippen MR) is 61.9 cm³/mol. The van der Waals surface area contributed by atoms with E-state index in [4.69, 9.17) is 5.11 Å². The summed E-state index contributed by atoms with van der Waals surface area (Å²) in [4.78, 5) is 11.0. The summed E-state index contributed by atoms with van der Waals surface area (Å²) in [6, 6.07) is 7.92. The summed E-state index contributed by atoms with van der Waals surface area (Å²) in [7, 11) is 0. The molecular weight excluding hydrogens is 256 g/mol. The summed E-state index contributed by atoms with van der Waals surface area (Å²) in [6.45, 7) is 2.06. The average Bonchev–Trinajstić information content (AvgIpc) is 2.94. The van der Waals surface area contributed by atoms with Gasteiger partial charge < -0.3 is 5.11 Å². The van der Waals surface area contributed by atoms with Gasteiger partial charge in [-0.2, -0.15) is 0 Å². The molecule has 80 valence electrons. The van der Waals surface area contributed by atoms with E-state index in [9.17, 15) is 4.79 Å². The normalized spacial score (nSPS) is 28.8. The predicted octanol–water partition coefficient (Wildman–Crippen LogP) is 3.20. The molecule has 0 aliphatic heterocycles. The van der Waals surface area contributed by atoms with Crippen LogP contribution in [0, 0.1) is 5.92 Å². The van der Waals surface area contributed by atoms with E-state index in [1.165, 1.54) is 0 Å². The molecule has 1 fully saturated rings. The van der Waals surface area contributed by atoms with Crippen LogP contribution < -0.4 is 0 Å². The molecule has 1 unspecified atom stereocenters. The molecule has 0 aromatic heterocycles. The molecule has 1 aromatic rings. The van der Waals surface area contributed by atoms with Crippen LogP contribution in [0.1, 0.15) is 25.3 Å². The highest BCUT2D eigenvalue weighted by Gasteiger charge is 2.58. The van der Waals surface area contributed by atoms with Gasteiger partial charge in [-0.05, 0) is 24.5 Å². The van der Waals surface area contributed by atoms with Crippen molar-refractivity contribution in [2.75, 3.05) is 0 Å². The number of carboxylic acids is 1. The van der Waals surface area contributed by atoms with E-state index in [-0.39, 0.29) is 11.3 Å². The molecule has 0 bridgehead atoms. The summed E-state index contributed by atoms with van der Waals surface area (Å²) >= 11 is 3.50. The Balaban J connectivity index is 2.38. The van der Waals surface area contributed by atoms with Crippen molar-refractivity contribution < 1.29 is 9.90 Å². The number of hydrogen-bond acceptors (Lipinski definition) is 1. The van der Waals surface area contributed by atoms with E-state index in [0.29, 0.717) is 0 Å². The summed E-state index contributed by atoms with van der Waals surface area (Å²) in [5.74, 6) is -0.881. The molecule has 2 atom stereocenters. The lowest BCUT2D eigenvalue weighted by atomic mass is 9.90. The lowest BCUT2D eigenvalue weighted by Gasteiger charge is -2.16. The van der Waals surface area contributed by atoms with Crippen LogP contribution in [0.25, 0.3) is 0 Å². The van der Waals surface area contributed by atoms with Crippen LogP contribution in [0.5, 0.6) is 0 Å². The van der Waals surface area contributed by atoms with Gasteiger partial charge in [0.05, 0.1) is 5.92 Å². The maximum absolute atomic E-state index is 11.0. The smallest absolute Gasteiger partial charge is 0.307 e. The second-order valence-electron chi connectivity index (χ2n) is 4.08. The lowest BCUT2D eigenvalue weighted by molar-refractivity contribution is -0.139. The zero-order valence-electron chi connectivity index (χ0n) is 8.53. The number of halogens is 1. The first-order chi connectivity index (χ1) is 7.12. The first-order valence-corrected chi connectivity index (χ1v) is 5.89. The highest BCUT2D eigenvalue weighted by molar-refractivity contribution is 9.10. The fourth-order valence-corrected chi connectivity index (χ4v) is 3.05. The van der Waals surface area contributed by atoms with E-state index in [2.05, 4.69) is 22.9 Å². The third kappa shape index (κ3) is 1.59. The van der Waals surface area contributed by atoms with Gasteiger partial charge in [-0.1, -0.05) is 41.1 Å². The van der Waals surface area contributed by atoms with Crippen LogP contribution in [0.3, 0.4) is 0 Å². The van der Waals surface area contributed by atoms with E-state index in [1.54, 1.807) is 0 Å². The van der Waals surface area contributed by atoms with Crippen LogP contribution >= 0.6 is 15.9 Å². The molecule has 0 radical (unpaired) electrons. The Morgan fingerprint density at radius 2 is 2.27 bits per heavy atom. The Hall–Kier alpha value is -0.830. The highest BCUT2D eigenvalue weighted by Crippen LogP contribution is 2.58. The number of rotatable bonds is 3. The van der Waals surface area contributed by atoms with E-state index in [1.807, 2.05) is 24.3 Å². The van der Waals surface area contributed by atoms with Crippen LogP contribution in [0.4, 0.5) is 0 Å². The zero-order valence-corrected chi connectivity index (χ0v) is 10.1. The largest absolute Gasteiger partial charge is 0.481 e. The van der Waals surface area contributed by atoms with Crippen molar-refractivity contribution in [1.29, 1.82) is 0 Å². The van der Waals surface area contributed by atoms with E-state index in [0.717, 1.165) is 22.9 Å². The van der Waals surface area contributed by atoms with Gasteiger partial charge in [0.2, 0.25) is 0 Å². The standard InChI is InChI=1S/C12H13BrO2/c1-2-12(7-9(12)11(14)15)8-5-3-4-6-10(8)13/h3-6,9H,2,7H2,1H3,(H,14,15)/t9-,12?/m0/s1. The minimum absolute atomic E-state index is 0.133. The zero-order chi connectivity index (χ0) is 11.1. The average molecular weight is 269 g/mol. The molecule has 0 saturated heterocycles. The number of benzene rings is 1. The number of carbonyl (C=O) groups is 1. The van der Waals surface area contributed by atoms with Gasteiger partial charge in [-0.15, -0.1) is 0 Å². The Morgan fingerprint density at radius 1 is 1.60 bits per heavy atom. The maximum atomic E-state index is 11.0. The first-order valence-electron chi connectivity index (χ1n) is 5.09. The van der Waals surface area contributed by atoms with Crippen molar-refractivity contribution in [2.24, 2.45) is 5.92 Å². The Labute approximate surface area is 97.4 Å². The van der Waals surface area contributed by atoms with Gasteiger partial charge in [-0.3, -0.25) is 4.79 Å². The van der Waals surface area contributed by atoms with Crippen LogP contribution in [-0.2, 0) is 10.2 Å². The Kier molecular flexibility index (Phi) is 2.59. The minimum atomic E-state index is -0.674. The van der Waals surface area contributed by atoms with Gasteiger partial charge in [0.25, 0.3) is 0 Å². The molecule has 2 rings (SSSR count). The molecule has 0 heterocycles. The van der Waals surface area contributed by atoms with Crippen molar-refractivity contribution >= 4 is 21.9 Å². The molecule has 0 amide bonds. The van der Waals surface area contributed by atoms with Crippen molar-refractivity contribution in [1.82, 2.24) is 0 Å². The molecule has 1 aromatic carbocycles. The van der Waals surface area contributed by atoms with E-state index >= 15 is 0 Å². The summed E-state index contributed by atoms with van der Waals surface area (Å²) in [6.07, 6.45) is 1.65. The maximum Gasteiger partial charge on any atom is 0.307 e. The molecular formula is C12H13BrO2. The first kappa shape index (κ1) is 10.7. The molecule has 1 aliphatic carbocycles. The summed E-state index contributed by atoms with van der Waals surface area (Å²) in [5, 5.41) is 9.06. The number of aliphatic carboxylic acids is 1. The van der Waals surface area contributed by atoms with Gasteiger partial charge >= 0.3 is 5.97 Å². The topological polar surface area (TPSA) is 37.3 Å². The Morgan fingerprint density at radius 3 is 2.73 bits per heavy atom. The molecule has 15 heavy (non-hydrogen) atoms. The van der Waals surface area contributed by atoms with Gasteiger partial charge in [-0.25, -0.2) is 0 Å². The monoisotopic (exact) mass is 268 g/mol. The molecule has 3 heteroatoms. The van der Waals surface area contributed by atoms with Crippen LogP contribution in [0.2, 0.25) is 0 Å². The van der Waals surface area contributed by atoms with Crippen LogP contribution in [-0.4, -0.2) is 11.1 Å². The Bertz CT molecular complexity index is 402. The molecule has 0 spiro atoms. The van der Waals surface area contributed by atoms with Gasteiger partial charge in [0, 0.05) is 9.89 Å². The van der Waals surface area contributed by atoms with Gasteiger partial charge in [0.15, 0.2) is 0 Å². The fraction of sp³-hybridized carbons (Fsp3) is 0.417. The molecule has 1 aliphatic rings. The molecule has 2 nitrogen and oxygen atoms in total. The van der Waals surface area contributed by atoms with Crippen molar-refractivity contribution in [3.8, 4) is 0 Å². The quantitative estimate of drug-likeness (QED) is 0.914. The second kappa shape index (κ2) is 3.63. The third-order valence-corrected chi connectivity index (χ3v) is 4.11. The molecule has 1 saturated carbocycles. The summed E-state index contributed by atoms with van der Waals surface area (Å²) in [5.41, 5.74) is 1.01. The highest BCUT2D eigenvalue weighted by atomic mass is 79.9. The third-order valence-electron chi connectivity index (χ3n) is 3.41. The number of carboxylic acid groups (broad SMARTS) is 1. The van der Waals surface area contributed by atoms with Crippen molar-refractivity contribution in [3.63, 3.8) is 0 Å². The van der Waals surface area contributed by atoms with Crippen molar-refractivity contribution in [3.05, 3.63) is 34.3 Å². The number of hydrogen-bond donors (Lipinski definition) is 1. The van der Waals surface area contributed by atoms with Crippen LogP contribution in [0.15, 0.2) is 28.7 Å². The summed E-state index contributed by atoms with van der Waals surface area (Å²) < 4.78 is 1.02. The SMILES string of the molecule is CCC1(c2ccccc2Br)C[C@H]1C(=O)O. The molecule has 1 N–H and O–H groups in total. The van der Waals surface area contributed by atoms with Crippen molar-refractivity contribution in [2.45, 2.75) is 25.2 Å². The van der Waals surface area contributed by atoms with Gasteiger partial charge in [0.1, 0.15) is 0 Å². The fourth-order valence-electron chi connectivity index (χ4n) is 2.37. The lowest BCUT2D eigenvalue weighted by Crippen LogP contribution is -2.14. The second-order valence-corrected chi connectivity index (χ2v) is 4.94. The minimum Gasteiger partial charge on any atom is -0.481 e. The van der Waals surface area contributed by atoms with E-state index < -0.39 is 5.97 Å².